The van der Waals surface area contributed by atoms with Crippen molar-refractivity contribution in [2.45, 2.75) is 43.2 Å². The number of benzene rings is 2. The van der Waals surface area contributed by atoms with Gasteiger partial charge < -0.3 is 9.47 Å². The number of nitriles is 1. The molecule has 0 atom stereocenters. The first-order valence-corrected chi connectivity index (χ1v) is 10.4. The average molecular weight is 384 g/mol. The lowest BCUT2D eigenvalue weighted by Crippen LogP contribution is -2.38. The van der Waals surface area contributed by atoms with Crippen molar-refractivity contribution < 1.29 is 17.9 Å². The number of ether oxygens (including phenoxy) is 2. The number of nitrogens with zero attached hydrogens (tertiary/aromatic N) is 2. The van der Waals surface area contributed by atoms with Crippen molar-refractivity contribution in [3.8, 4) is 17.6 Å². The zero-order valence-corrected chi connectivity index (χ0v) is 15.6. The van der Waals surface area contributed by atoms with Gasteiger partial charge in [-0.05, 0) is 48.7 Å². The third-order valence-electron chi connectivity index (χ3n) is 5.08. The van der Waals surface area contributed by atoms with Crippen LogP contribution in [0.5, 0.6) is 11.5 Å². The van der Waals surface area contributed by atoms with Crippen molar-refractivity contribution in [3.63, 3.8) is 0 Å². The van der Waals surface area contributed by atoms with E-state index in [1.807, 2.05) is 24.3 Å². The lowest BCUT2D eigenvalue weighted by molar-refractivity contribution is 0.174. The third-order valence-corrected chi connectivity index (χ3v) is 6.97. The predicted octanol–water partition coefficient (Wildman–Crippen LogP) is 3.42. The Morgan fingerprint density at radius 3 is 2.63 bits per heavy atom. The minimum atomic E-state index is -3.72. The maximum Gasteiger partial charge on any atom is 0.243 e. The Hall–Kier alpha value is -2.56. The first-order chi connectivity index (χ1) is 13.1. The molecule has 1 fully saturated rings. The van der Waals surface area contributed by atoms with Crippen molar-refractivity contribution in [2.24, 2.45) is 0 Å². The molecule has 2 aliphatic rings. The van der Waals surface area contributed by atoms with E-state index in [4.69, 9.17) is 14.7 Å². The minimum absolute atomic E-state index is 0.0360. The molecule has 0 saturated heterocycles. The fraction of sp³-hybridized carbons (Fsp3) is 0.350. The largest absolute Gasteiger partial charge is 0.454 e. The highest BCUT2D eigenvalue weighted by Crippen LogP contribution is 2.35. The van der Waals surface area contributed by atoms with Gasteiger partial charge in [0.15, 0.2) is 11.5 Å². The monoisotopic (exact) mass is 384 g/mol. The summed E-state index contributed by atoms with van der Waals surface area (Å²) in [4.78, 5) is 0.161. The van der Waals surface area contributed by atoms with Gasteiger partial charge >= 0.3 is 0 Å². The van der Waals surface area contributed by atoms with Gasteiger partial charge in [0.2, 0.25) is 16.8 Å². The van der Waals surface area contributed by atoms with Gasteiger partial charge in [-0.3, -0.25) is 0 Å². The van der Waals surface area contributed by atoms with E-state index in [1.54, 1.807) is 22.5 Å². The van der Waals surface area contributed by atoms with Crippen molar-refractivity contribution >= 4 is 10.0 Å². The smallest absolute Gasteiger partial charge is 0.243 e. The van der Waals surface area contributed by atoms with Gasteiger partial charge in [0.1, 0.15) is 0 Å². The first-order valence-electron chi connectivity index (χ1n) is 8.98. The summed E-state index contributed by atoms with van der Waals surface area (Å²) in [5, 5.41) is 9.12. The average Bonchev–Trinajstić information content (AvgIpc) is 3.37. The molecule has 6 nitrogen and oxygen atoms in total. The van der Waals surface area contributed by atoms with Gasteiger partial charge in [-0.2, -0.15) is 9.57 Å². The molecular formula is C20H20N2O4S. The van der Waals surface area contributed by atoms with Gasteiger partial charge in [0.05, 0.1) is 16.5 Å². The molecule has 2 aromatic rings. The molecule has 4 rings (SSSR count). The van der Waals surface area contributed by atoms with Crippen LogP contribution >= 0.6 is 0 Å². The Balaban J connectivity index is 1.69. The predicted molar refractivity (Wildman–Crippen MR) is 98.7 cm³/mol. The molecule has 1 aliphatic carbocycles. The first kappa shape index (κ1) is 17.8. The minimum Gasteiger partial charge on any atom is -0.454 e. The normalized spacial score (nSPS) is 16.6. The highest BCUT2D eigenvalue weighted by Gasteiger charge is 2.33. The van der Waals surface area contributed by atoms with Crippen LogP contribution < -0.4 is 9.47 Å². The Labute approximate surface area is 159 Å². The Morgan fingerprint density at radius 1 is 1.07 bits per heavy atom. The van der Waals surface area contributed by atoms with Crippen LogP contribution in [0.25, 0.3) is 0 Å². The summed E-state index contributed by atoms with van der Waals surface area (Å²) in [6.07, 6.45) is 3.75. The van der Waals surface area contributed by atoms with Crippen LogP contribution in [0.15, 0.2) is 47.4 Å². The highest BCUT2D eigenvalue weighted by atomic mass is 32.2. The summed E-state index contributed by atoms with van der Waals surface area (Å²) >= 11 is 0. The topological polar surface area (TPSA) is 79.6 Å². The summed E-state index contributed by atoms with van der Waals surface area (Å²) in [6.45, 7) is 0.449. The van der Waals surface area contributed by atoms with Crippen LogP contribution in [-0.4, -0.2) is 25.6 Å². The number of rotatable bonds is 5. The lowest BCUT2D eigenvalue weighted by Gasteiger charge is -2.28. The van der Waals surface area contributed by atoms with Crippen LogP contribution in [0.2, 0.25) is 0 Å². The summed E-state index contributed by atoms with van der Waals surface area (Å²) < 4.78 is 39.1. The Kier molecular flexibility index (Phi) is 4.77. The summed E-state index contributed by atoms with van der Waals surface area (Å²) in [6, 6.07) is 13.7. The number of hydrogen-bond acceptors (Lipinski definition) is 5. The quantitative estimate of drug-likeness (QED) is 0.789. The second-order valence-electron chi connectivity index (χ2n) is 6.82. The second-order valence-corrected chi connectivity index (χ2v) is 8.71. The number of fused-ring (bicyclic) bond motifs is 1. The maximum atomic E-state index is 13.4. The molecule has 27 heavy (non-hydrogen) atoms. The van der Waals surface area contributed by atoms with E-state index in [-0.39, 0.29) is 24.3 Å². The van der Waals surface area contributed by atoms with Crippen LogP contribution in [0.4, 0.5) is 0 Å². The molecule has 0 spiro atoms. The van der Waals surface area contributed by atoms with Gasteiger partial charge in [-0.1, -0.05) is 25.0 Å². The van der Waals surface area contributed by atoms with E-state index in [0.29, 0.717) is 17.1 Å². The van der Waals surface area contributed by atoms with Gasteiger partial charge in [0, 0.05) is 12.6 Å². The van der Waals surface area contributed by atoms with Crippen LogP contribution in [-0.2, 0) is 16.6 Å². The van der Waals surface area contributed by atoms with E-state index in [2.05, 4.69) is 0 Å². The molecule has 0 aromatic heterocycles. The van der Waals surface area contributed by atoms with Crippen LogP contribution in [0, 0.1) is 11.3 Å². The molecule has 0 bridgehead atoms. The SMILES string of the molecule is N#Cc1cccc(S(=O)(=O)N(Cc2ccc3c(c2)OCO3)C2CCCC2)c1. The molecule has 140 valence electrons. The van der Waals surface area contributed by atoms with Gasteiger partial charge in [0.25, 0.3) is 0 Å². The van der Waals surface area contributed by atoms with E-state index >= 15 is 0 Å². The van der Waals surface area contributed by atoms with Crippen LogP contribution in [0.3, 0.4) is 0 Å². The molecule has 1 heterocycles. The summed E-state index contributed by atoms with van der Waals surface area (Å²) in [5.41, 5.74) is 1.19. The molecule has 2 aromatic carbocycles. The fourth-order valence-electron chi connectivity index (χ4n) is 3.68. The number of hydrogen-bond donors (Lipinski definition) is 0. The van der Waals surface area contributed by atoms with Crippen LogP contribution in [0.1, 0.15) is 36.8 Å². The summed E-state index contributed by atoms with van der Waals surface area (Å²) in [7, 11) is -3.72. The lowest BCUT2D eigenvalue weighted by atomic mass is 10.1. The maximum absolute atomic E-state index is 13.4. The third kappa shape index (κ3) is 3.51. The molecular weight excluding hydrogens is 364 g/mol. The molecule has 0 unspecified atom stereocenters. The standard InChI is InChI=1S/C20H20N2O4S/c21-12-15-4-3-7-18(10-15)27(23,24)22(17-5-1-2-6-17)13-16-8-9-19-20(11-16)26-14-25-19/h3-4,7-11,17H,1-2,5-6,13-14H2. The summed E-state index contributed by atoms with van der Waals surface area (Å²) in [5.74, 6) is 1.32. The molecule has 7 heteroatoms. The zero-order valence-electron chi connectivity index (χ0n) is 14.8. The Morgan fingerprint density at radius 2 is 1.85 bits per heavy atom. The molecule has 0 radical (unpaired) electrons. The number of sulfonamides is 1. The van der Waals surface area contributed by atoms with Crippen molar-refractivity contribution in [1.29, 1.82) is 5.26 Å². The Bertz CT molecular complexity index is 991. The van der Waals surface area contributed by atoms with E-state index in [0.717, 1.165) is 31.2 Å². The highest BCUT2D eigenvalue weighted by molar-refractivity contribution is 7.89. The fourth-order valence-corrected chi connectivity index (χ4v) is 5.40. The second kappa shape index (κ2) is 7.22. The van der Waals surface area contributed by atoms with Gasteiger partial charge in [-0.15, -0.1) is 0 Å². The van der Waals surface area contributed by atoms with E-state index < -0.39 is 10.0 Å². The van der Waals surface area contributed by atoms with Crippen molar-refractivity contribution in [1.82, 2.24) is 4.31 Å². The van der Waals surface area contributed by atoms with Crippen molar-refractivity contribution in [3.05, 3.63) is 53.6 Å². The molecule has 0 N–H and O–H groups in total. The zero-order chi connectivity index (χ0) is 18.9. The van der Waals surface area contributed by atoms with E-state index in [9.17, 15) is 8.42 Å². The molecule has 1 saturated carbocycles. The van der Waals surface area contributed by atoms with E-state index in [1.165, 1.54) is 6.07 Å². The molecule has 0 amide bonds. The van der Waals surface area contributed by atoms with Gasteiger partial charge in [-0.25, -0.2) is 8.42 Å². The molecule has 1 aliphatic heterocycles. The van der Waals surface area contributed by atoms with Crippen molar-refractivity contribution in [2.75, 3.05) is 6.79 Å².